The van der Waals surface area contributed by atoms with Gasteiger partial charge in [-0.2, -0.15) is 0 Å². The normalized spacial score (nSPS) is 11.2. The van der Waals surface area contributed by atoms with E-state index in [1.807, 2.05) is 34.6 Å². The van der Waals surface area contributed by atoms with Gasteiger partial charge in [0.15, 0.2) is 11.5 Å². The molecule has 1 N–H and O–H groups in total. The number of nitrogens with one attached hydrogen (secondary N) is 1. The molecule has 0 aliphatic carbocycles. The van der Waals surface area contributed by atoms with Crippen LogP contribution in [-0.2, 0) is 5.41 Å². The third-order valence-corrected chi connectivity index (χ3v) is 3.88. The first-order valence-corrected chi connectivity index (χ1v) is 9.37. The number of rotatable bonds is 7. The highest BCUT2D eigenvalue weighted by atomic mass is 35.5. The minimum Gasteiger partial charge on any atom is -0.490 e. The van der Waals surface area contributed by atoms with Gasteiger partial charge in [-0.15, -0.1) is 0 Å². The molecular formula is C20H26ClN3O3. The Morgan fingerprint density at radius 3 is 2.37 bits per heavy atom. The molecule has 1 aromatic heterocycles. The van der Waals surface area contributed by atoms with Gasteiger partial charge in [0.1, 0.15) is 5.82 Å². The molecule has 7 heteroatoms. The van der Waals surface area contributed by atoms with Crippen LogP contribution in [0.4, 0.5) is 5.69 Å². The summed E-state index contributed by atoms with van der Waals surface area (Å²) in [5, 5.41) is 3.11. The van der Waals surface area contributed by atoms with Crippen molar-refractivity contribution in [2.24, 2.45) is 0 Å². The molecule has 0 saturated heterocycles. The molecule has 146 valence electrons. The third kappa shape index (κ3) is 5.57. The summed E-state index contributed by atoms with van der Waals surface area (Å²) < 4.78 is 11.3. The lowest BCUT2D eigenvalue weighted by Gasteiger charge is -2.16. The van der Waals surface area contributed by atoms with Crippen molar-refractivity contribution in [2.75, 3.05) is 18.5 Å². The van der Waals surface area contributed by atoms with Crippen LogP contribution in [0.2, 0.25) is 5.02 Å². The summed E-state index contributed by atoms with van der Waals surface area (Å²) in [4.78, 5) is 21.2. The van der Waals surface area contributed by atoms with Crippen molar-refractivity contribution in [1.82, 2.24) is 9.97 Å². The molecular weight excluding hydrogens is 366 g/mol. The van der Waals surface area contributed by atoms with Crippen LogP contribution in [-0.4, -0.2) is 29.1 Å². The smallest absolute Gasteiger partial charge is 0.255 e. The lowest BCUT2D eigenvalue weighted by atomic mass is 9.96. The molecule has 0 atom stereocenters. The van der Waals surface area contributed by atoms with Crippen molar-refractivity contribution in [3.05, 3.63) is 40.9 Å². The Kier molecular flexibility index (Phi) is 7.02. The van der Waals surface area contributed by atoms with Gasteiger partial charge in [-0.1, -0.05) is 39.3 Å². The summed E-state index contributed by atoms with van der Waals surface area (Å²) in [5.74, 6) is 1.28. The number of hydrogen-bond acceptors (Lipinski definition) is 5. The first-order valence-electron chi connectivity index (χ1n) is 8.99. The lowest BCUT2D eigenvalue weighted by Crippen LogP contribution is -2.17. The maximum Gasteiger partial charge on any atom is 0.255 e. The zero-order valence-corrected chi connectivity index (χ0v) is 17.2. The molecule has 2 aromatic rings. The number of benzene rings is 1. The molecule has 0 fully saturated rings. The average molecular weight is 392 g/mol. The molecule has 27 heavy (non-hydrogen) atoms. The maximum atomic E-state index is 12.6. The predicted molar refractivity (Wildman–Crippen MR) is 107 cm³/mol. The fourth-order valence-electron chi connectivity index (χ4n) is 2.29. The fourth-order valence-corrected chi connectivity index (χ4v) is 2.55. The zero-order chi connectivity index (χ0) is 20.0. The molecule has 0 bridgehead atoms. The van der Waals surface area contributed by atoms with Gasteiger partial charge < -0.3 is 14.8 Å². The zero-order valence-electron chi connectivity index (χ0n) is 16.4. The van der Waals surface area contributed by atoms with Gasteiger partial charge in [-0.25, -0.2) is 9.97 Å². The van der Waals surface area contributed by atoms with Crippen LogP contribution in [0.5, 0.6) is 11.5 Å². The quantitative estimate of drug-likeness (QED) is 0.729. The molecule has 6 nitrogen and oxygen atoms in total. The number of carbonyl (C=O) groups excluding carboxylic acids is 1. The van der Waals surface area contributed by atoms with E-state index in [0.29, 0.717) is 46.8 Å². The SMILES string of the molecule is CCCOc1c(Cl)cc(C(=O)Nc2cnc(C(C)(C)C)nc2)cc1OCC. The van der Waals surface area contributed by atoms with E-state index in [1.54, 1.807) is 24.5 Å². The Balaban J connectivity index is 2.22. The van der Waals surface area contributed by atoms with Crippen molar-refractivity contribution in [2.45, 2.75) is 46.5 Å². The van der Waals surface area contributed by atoms with Crippen LogP contribution in [0.3, 0.4) is 0 Å². The van der Waals surface area contributed by atoms with E-state index in [2.05, 4.69) is 15.3 Å². The highest BCUT2D eigenvalue weighted by molar-refractivity contribution is 6.32. The second kappa shape index (κ2) is 9.04. The van der Waals surface area contributed by atoms with Crippen LogP contribution >= 0.6 is 11.6 Å². The lowest BCUT2D eigenvalue weighted by molar-refractivity contribution is 0.102. The average Bonchev–Trinajstić information content (AvgIpc) is 2.60. The van der Waals surface area contributed by atoms with Gasteiger partial charge in [0.25, 0.3) is 5.91 Å². The third-order valence-electron chi connectivity index (χ3n) is 3.60. The van der Waals surface area contributed by atoms with Gasteiger partial charge in [0, 0.05) is 11.0 Å². The Morgan fingerprint density at radius 2 is 1.81 bits per heavy atom. The topological polar surface area (TPSA) is 73.3 Å². The van der Waals surface area contributed by atoms with Gasteiger partial charge in [0.05, 0.1) is 36.3 Å². The van der Waals surface area contributed by atoms with E-state index >= 15 is 0 Å². The summed E-state index contributed by atoms with van der Waals surface area (Å²) in [5.41, 5.74) is 0.720. The van der Waals surface area contributed by atoms with Crippen LogP contribution in [0.1, 0.15) is 57.2 Å². The van der Waals surface area contributed by atoms with E-state index in [1.165, 1.54) is 0 Å². The summed E-state index contributed by atoms with van der Waals surface area (Å²) in [6.45, 7) is 10.9. The van der Waals surface area contributed by atoms with E-state index in [9.17, 15) is 4.79 Å². The Hall–Kier alpha value is -2.34. The number of ether oxygens (including phenoxy) is 2. The summed E-state index contributed by atoms with van der Waals surface area (Å²) in [6, 6.07) is 3.19. The van der Waals surface area contributed by atoms with Crippen molar-refractivity contribution in [3.63, 3.8) is 0 Å². The highest BCUT2D eigenvalue weighted by Gasteiger charge is 2.19. The number of aromatic nitrogens is 2. The van der Waals surface area contributed by atoms with E-state index in [-0.39, 0.29) is 11.3 Å². The Labute approximate surface area is 165 Å². The standard InChI is InChI=1S/C20H26ClN3O3/c1-6-8-27-17-15(21)9-13(10-16(17)26-7-2)18(25)24-14-11-22-19(23-12-14)20(3,4)5/h9-12H,6-8H2,1-5H3,(H,24,25). The number of nitrogens with zero attached hydrogens (tertiary/aromatic N) is 2. The largest absolute Gasteiger partial charge is 0.490 e. The van der Waals surface area contributed by atoms with Crippen molar-refractivity contribution in [3.8, 4) is 11.5 Å². The molecule has 0 saturated carbocycles. The second-order valence-corrected chi connectivity index (χ2v) is 7.47. The molecule has 1 aromatic carbocycles. The van der Waals surface area contributed by atoms with Gasteiger partial charge in [-0.05, 0) is 25.5 Å². The van der Waals surface area contributed by atoms with Crippen molar-refractivity contribution < 1.29 is 14.3 Å². The Morgan fingerprint density at radius 1 is 1.15 bits per heavy atom. The van der Waals surface area contributed by atoms with Crippen LogP contribution in [0.25, 0.3) is 0 Å². The summed E-state index contributed by atoms with van der Waals surface area (Å²) in [7, 11) is 0. The molecule has 0 unspecified atom stereocenters. The maximum absolute atomic E-state index is 12.6. The first kappa shape index (κ1) is 21.0. The molecule has 1 heterocycles. The number of hydrogen-bond donors (Lipinski definition) is 1. The van der Waals surface area contributed by atoms with E-state index in [4.69, 9.17) is 21.1 Å². The minimum atomic E-state index is -0.327. The van der Waals surface area contributed by atoms with E-state index < -0.39 is 0 Å². The fraction of sp³-hybridized carbons (Fsp3) is 0.450. The van der Waals surface area contributed by atoms with Crippen LogP contribution in [0, 0.1) is 0 Å². The molecule has 2 rings (SSSR count). The molecule has 0 aliphatic rings. The number of amides is 1. The molecule has 0 radical (unpaired) electrons. The van der Waals surface area contributed by atoms with Crippen molar-refractivity contribution >= 4 is 23.2 Å². The van der Waals surface area contributed by atoms with Crippen molar-refractivity contribution in [1.29, 1.82) is 0 Å². The Bertz CT molecular complexity index is 786. The summed E-state index contributed by atoms with van der Waals surface area (Å²) >= 11 is 6.31. The number of carbonyl (C=O) groups is 1. The number of anilines is 1. The second-order valence-electron chi connectivity index (χ2n) is 7.07. The minimum absolute atomic E-state index is 0.156. The summed E-state index contributed by atoms with van der Waals surface area (Å²) in [6.07, 6.45) is 4.03. The monoisotopic (exact) mass is 391 g/mol. The first-order chi connectivity index (χ1) is 12.8. The van der Waals surface area contributed by atoms with Crippen LogP contribution in [0.15, 0.2) is 24.5 Å². The molecule has 0 aliphatic heterocycles. The van der Waals surface area contributed by atoms with Gasteiger partial charge in [0.2, 0.25) is 0 Å². The van der Waals surface area contributed by atoms with Gasteiger partial charge >= 0.3 is 0 Å². The van der Waals surface area contributed by atoms with Crippen LogP contribution < -0.4 is 14.8 Å². The highest BCUT2D eigenvalue weighted by Crippen LogP contribution is 2.37. The number of halogens is 1. The molecule has 0 spiro atoms. The molecule has 1 amide bonds. The van der Waals surface area contributed by atoms with E-state index in [0.717, 1.165) is 6.42 Å². The van der Waals surface area contributed by atoms with Gasteiger partial charge in [-0.3, -0.25) is 4.79 Å². The predicted octanol–water partition coefficient (Wildman–Crippen LogP) is 4.87.